The summed E-state index contributed by atoms with van der Waals surface area (Å²) in [6.07, 6.45) is 0.247. The zero-order valence-corrected chi connectivity index (χ0v) is 10.4. The minimum Gasteiger partial charge on any atom is -0.355 e. The summed E-state index contributed by atoms with van der Waals surface area (Å²) in [7, 11) is 0. The van der Waals surface area contributed by atoms with Crippen LogP contribution in [0.4, 0.5) is 5.82 Å². The standard InChI is InChI=1S/C11H9BrN2O3/c12-8-2-1-3-9(13-8)14-10(15)6-4-5-7(17-6)11(14)16/h1-3,6-7H,4-5H2. The molecule has 0 radical (unpaired) electrons. The highest BCUT2D eigenvalue weighted by Crippen LogP contribution is 2.31. The second kappa shape index (κ2) is 3.89. The molecule has 17 heavy (non-hydrogen) atoms. The summed E-state index contributed by atoms with van der Waals surface area (Å²) >= 11 is 3.22. The summed E-state index contributed by atoms with van der Waals surface area (Å²) in [4.78, 5) is 29.3. The van der Waals surface area contributed by atoms with Crippen molar-refractivity contribution in [1.29, 1.82) is 0 Å². The number of hydrogen-bond acceptors (Lipinski definition) is 4. The van der Waals surface area contributed by atoms with E-state index in [1.165, 1.54) is 0 Å². The van der Waals surface area contributed by atoms with Gasteiger partial charge in [0.05, 0.1) is 0 Å². The lowest BCUT2D eigenvalue weighted by molar-refractivity contribution is -0.146. The number of anilines is 1. The van der Waals surface area contributed by atoms with E-state index in [2.05, 4.69) is 20.9 Å². The first-order valence-corrected chi connectivity index (χ1v) is 6.12. The van der Waals surface area contributed by atoms with E-state index in [4.69, 9.17) is 4.74 Å². The number of ether oxygens (including phenoxy) is 1. The van der Waals surface area contributed by atoms with Crippen LogP contribution in [0.1, 0.15) is 12.8 Å². The van der Waals surface area contributed by atoms with Crippen LogP contribution >= 0.6 is 15.9 Å². The van der Waals surface area contributed by atoms with Crippen LogP contribution in [0.25, 0.3) is 0 Å². The van der Waals surface area contributed by atoms with E-state index in [0.29, 0.717) is 23.3 Å². The molecule has 1 aromatic rings. The molecule has 2 fully saturated rings. The Morgan fingerprint density at radius 3 is 2.47 bits per heavy atom. The van der Waals surface area contributed by atoms with Gasteiger partial charge in [-0.1, -0.05) is 6.07 Å². The van der Waals surface area contributed by atoms with Crippen LogP contribution in [0.15, 0.2) is 22.8 Å². The summed E-state index contributed by atoms with van der Waals surface area (Å²) in [6, 6.07) is 5.13. The van der Waals surface area contributed by atoms with Crippen LogP contribution < -0.4 is 4.90 Å². The van der Waals surface area contributed by atoms with Crippen molar-refractivity contribution < 1.29 is 14.3 Å². The maximum Gasteiger partial charge on any atom is 0.264 e. The van der Waals surface area contributed by atoms with Crippen LogP contribution in [0, 0.1) is 0 Å². The molecule has 2 amide bonds. The monoisotopic (exact) mass is 296 g/mol. The first-order chi connectivity index (χ1) is 8.16. The molecule has 2 saturated heterocycles. The Hall–Kier alpha value is -1.27. The number of morpholine rings is 1. The molecule has 2 bridgehead atoms. The van der Waals surface area contributed by atoms with Gasteiger partial charge >= 0.3 is 0 Å². The summed E-state index contributed by atoms with van der Waals surface area (Å²) in [5.74, 6) is -0.265. The Morgan fingerprint density at radius 2 is 1.88 bits per heavy atom. The fraction of sp³-hybridized carbons (Fsp3) is 0.364. The van der Waals surface area contributed by atoms with Gasteiger partial charge in [-0.25, -0.2) is 9.88 Å². The molecular formula is C11H9BrN2O3. The number of aromatic nitrogens is 1. The van der Waals surface area contributed by atoms with Crippen LogP contribution in [0.2, 0.25) is 0 Å². The van der Waals surface area contributed by atoms with Crippen LogP contribution in [-0.2, 0) is 14.3 Å². The zero-order valence-electron chi connectivity index (χ0n) is 8.80. The minimum atomic E-state index is -0.488. The lowest BCUT2D eigenvalue weighted by Crippen LogP contribution is -2.52. The lowest BCUT2D eigenvalue weighted by Gasteiger charge is -2.28. The number of carbonyl (C=O) groups excluding carboxylic acids is 2. The third-order valence-electron chi connectivity index (χ3n) is 2.94. The van der Waals surface area contributed by atoms with Gasteiger partial charge in [0.25, 0.3) is 11.8 Å². The van der Waals surface area contributed by atoms with Gasteiger partial charge in [-0.05, 0) is 40.9 Å². The predicted molar refractivity (Wildman–Crippen MR) is 62.3 cm³/mol. The molecule has 2 atom stereocenters. The largest absolute Gasteiger partial charge is 0.355 e. The van der Waals surface area contributed by atoms with Gasteiger partial charge in [0.15, 0.2) is 0 Å². The van der Waals surface area contributed by atoms with Gasteiger partial charge in [0.2, 0.25) is 0 Å². The Balaban J connectivity index is 2.02. The van der Waals surface area contributed by atoms with Gasteiger partial charge in [0, 0.05) is 0 Å². The van der Waals surface area contributed by atoms with Gasteiger partial charge in [-0.3, -0.25) is 9.59 Å². The third-order valence-corrected chi connectivity index (χ3v) is 3.38. The molecule has 3 rings (SSSR count). The average Bonchev–Trinajstić information content (AvgIpc) is 2.74. The number of rotatable bonds is 1. The summed E-state index contributed by atoms with van der Waals surface area (Å²) in [5.41, 5.74) is 0. The van der Waals surface area contributed by atoms with E-state index in [9.17, 15) is 9.59 Å². The molecule has 88 valence electrons. The summed E-state index contributed by atoms with van der Waals surface area (Å²) < 4.78 is 5.92. The number of hydrogen-bond donors (Lipinski definition) is 0. The van der Waals surface area contributed by atoms with Gasteiger partial charge in [-0.2, -0.15) is 0 Å². The van der Waals surface area contributed by atoms with Gasteiger partial charge in [-0.15, -0.1) is 0 Å². The van der Waals surface area contributed by atoms with Crippen molar-refractivity contribution in [1.82, 2.24) is 4.98 Å². The van der Waals surface area contributed by atoms with E-state index in [1.807, 2.05) is 0 Å². The number of nitrogens with zero attached hydrogens (tertiary/aromatic N) is 2. The molecule has 0 aliphatic carbocycles. The van der Waals surface area contributed by atoms with E-state index in [1.54, 1.807) is 18.2 Å². The molecule has 2 aliphatic heterocycles. The molecule has 5 nitrogen and oxygen atoms in total. The number of carbonyl (C=O) groups is 2. The van der Waals surface area contributed by atoms with Gasteiger partial charge < -0.3 is 4.74 Å². The highest BCUT2D eigenvalue weighted by Gasteiger charge is 2.47. The van der Waals surface area contributed by atoms with Crippen molar-refractivity contribution in [2.45, 2.75) is 25.0 Å². The Labute approximate surface area is 106 Å². The SMILES string of the molecule is O=C1C2CCC(O2)C(=O)N1c1cccc(Br)n1. The normalized spacial score (nSPS) is 27.7. The highest BCUT2D eigenvalue weighted by molar-refractivity contribution is 9.10. The Bertz CT molecular complexity index is 483. The second-order valence-electron chi connectivity index (χ2n) is 4.02. The average molecular weight is 297 g/mol. The van der Waals surface area contributed by atoms with E-state index in [0.717, 1.165) is 4.90 Å². The van der Waals surface area contributed by atoms with Crippen molar-refractivity contribution in [2.24, 2.45) is 0 Å². The number of amides is 2. The van der Waals surface area contributed by atoms with Crippen LogP contribution in [0.3, 0.4) is 0 Å². The van der Waals surface area contributed by atoms with Gasteiger partial charge in [0.1, 0.15) is 22.6 Å². The number of fused-ring (bicyclic) bond motifs is 2. The maximum absolute atomic E-state index is 12.0. The van der Waals surface area contributed by atoms with Crippen molar-refractivity contribution in [2.75, 3.05) is 4.90 Å². The molecule has 0 N–H and O–H groups in total. The molecule has 0 saturated carbocycles. The smallest absolute Gasteiger partial charge is 0.264 e. The third kappa shape index (κ3) is 1.68. The summed E-state index contributed by atoms with van der Waals surface area (Å²) in [5, 5.41) is 0. The van der Waals surface area contributed by atoms with E-state index >= 15 is 0 Å². The van der Waals surface area contributed by atoms with Crippen LogP contribution in [0.5, 0.6) is 0 Å². The summed E-state index contributed by atoms with van der Waals surface area (Å²) in [6.45, 7) is 0. The zero-order chi connectivity index (χ0) is 12.0. The highest BCUT2D eigenvalue weighted by atomic mass is 79.9. The fourth-order valence-corrected chi connectivity index (χ4v) is 2.48. The molecule has 0 aromatic carbocycles. The first-order valence-electron chi connectivity index (χ1n) is 5.32. The molecular weight excluding hydrogens is 288 g/mol. The number of pyridine rings is 1. The Morgan fingerprint density at radius 1 is 1.24 bits per heavy atom. The van der Waals surface area contributed by atoms with Crippen molar-refractivity contribution in [3.05, 3.63) is 22.8 Å². The molecule has 6 heteroatoms. The van der Waals surface area contributed by atoms with Crippen molar-refractivity contribution in [3.63, 3.8) is 0 Å². The first kappa shape index (κ1) is 10.9. The van der Waals surface area contributed by atoms with E-state index < -0.39 is 12.2 Å². The van der Waals surface area contributed by atoms with Crippen molar-refractivity contribution in [3.8, 4) is 0 Å². The van der Waals surface area contributed by atoms with E-state index in [-0.39, 0.29) is 11.8 Å². The quantitative estimate of drug-likeness (QED) is 0.578. The molecule has 0 spiro atoms. The molecule has 2 unspecified atom stereocenters. The topological polar surface area (TPSA) is 59.5 Å². The number of imide groups is 1. The van der Waals surface area contributed by atoms with Crippen molar-refractivity contribution >= 4 is 33.6 Å². The lowest BCUT2D eigenvalue weighted by atomic mass is 10.2. The predicted octanol–water partition coefficient (Wildman–Crippen LogP) is 1.26. The molecule has 1 aromatic heterocycles. The maximum atomic E-state index is 12.0. The second-order valence-corrected chi connectivity index (χ2v) is 4.83. The fourth-order valence-electron chi connectivity index (χ4n) is 2.14. The Kier molecular flexibility index (Phi) is 2.48. The molecule has 3 heterocycles. The van der Waals surface area contributed by atoms with Crippen LogP contribution in [-0.4, -0.2) is 29.0 Å². The number of halogens is 1. The minimum absolute atomic E-state index is 0.311. The molecule has 2 aliphatic rings.